The summed E-state index contributed by atoms with van der Waals surface area (Å²) >= 11 is 0. The first-order chi connectivity index (χ1) is 12.2. The van der Waals surface area contributed by atoms with Gasteiger partial charge in [0, 0.05) is 24.6 Å². The molecule has 142 valence electrons. The van der Waals surface area contributed by atoms with Crippen LogP contribution in [0.25, 0.3) is 0 Å². The molecule has 0 aromatic heterocycles. The second-order valence-electron chi connectivity index (χ2n) is 7.96. The number of ether oxygens (including phenoxy) is 2. The molecule has 2 heterocycles. The van der Waals surface area contributed by atoms with E-state index in [1.165, 1.54) is 0 Å². The summed E-state index contributed by atoms with van der Waals surface area (Å²) in [5, 5.41) is 5.90. The van der Waals surface area contributed by atoms with E-state index in [-0.39, 0.29) is 17.5 Å². The van der Waals surface area contributed by atoms with Crippen LogP contribution in [0.1, 0.15) is 39.2 Å². The highest BCUT2D eigenvalue weighted by Crippen LogP contribution is 2.32. The van der Waals surface area contributed by atoms with E-state index in [4.69, 9.17) is 9.47 Å². The quantitative estimate of drug-likeness (QED) is 0.863. The summed E-state index contributed by atoms with van der Waals surface area (Å²) in [5.41, 5.74) is 0.0305. The molecule has 2 N–H and O–H groups in total. The third kappa shape index (κ3) is 4.03. The van der Waals surface area contributed by atoms with Crippen molar-refractivity contribution in [3.63, 3.8) is 0 Å². The van der Waals surface area contributed by atoms with Crippen molar-refractivity contribution >= 4 is 11.9 Å². The van der Waals surface area contributed by atoms with Crippen molar-refractivity contribution in [2.24, 2.45) is 0 Å². The van der Waals surface area contributed by atoms with E-state index >= 15 is 0 Å². The lowest BCUT2D eigenvalue weighted by molar-refractivity contribution is -0.119. The second kappa shape index (κ2) is 6.70. The van der Waals surface area contributed by atoms with Crippen LogP contribution in [-0.4, -0.2) is 48.2 Å². The Labute approximate surface area is 154 Å². The van der Waals surface area contributed by atoms with Gasteiger partial charge < -0.3 is 25.0 Å². The van der Waals surface area contributed by atoms with Crippen LogP contribution in [-0.2, 0) is 11.3 Å². The molecule has 3 rings (SSSR count). The number of nitrogens with one attached hydrogen (secondary N) is 2. The summed E-state index contributed by atoms with van der Waals surface area (Å²) in [6, 6.07) is 5.49. The molecule has 1 atom stereocenters. The molecule has 1 fully saturated rings. The zero-order chi connectivity index (χ0) is 18.9. The molecule has 0 saturated carbocycles. The highest BCUT2D eigenvalue weighted by Gasteiger charge is 2.35. The zero-order valence-electron chi connectivity index (χ0n) is 15.8. The summed E-state index contributed by atoms with van der Waals surface area (Å²) in [4.78, 5) is 26.0. The van der Waals surface area contributed by atoms with Crippen LogP contribution in [0.4, 0.5) is 4.79 Å². The molecule has 2 aliphatic rings. The number of rotatable bonds is 3. The van der Waals surface area contributed by atoms with Gasteiger partial charge in [0.1, 0.15) is 17.1 Å². The minimum absolute atomic E-state index is 0.0360. The SMILES string of the molecule is COc1ccc2c(c1)OC(C)(C)CN(C(=O)NCC1(C)CCC(=O)N1)C2. The average molecular weight is 361 g/mol. The van der Waals surface area contributed by atoms with E-state index in [2.05, 4.69) is 10.6 Å². The summed E-state index contributed by atoms with van der Waals surface area (Å²) < 4.78 is 11.4. The van der Waals surface area contributed by atoms with E-state index in [1.54, 1.807) is 12.0 Å². The van der Waals surface area contributed by atoms with Gasteiger partial charge in [-0.2, -0.15) is 0 Å². The van der Waals surface area contributed by atoms with E-state index in [1.807, 2.05) is 39.0 Å². The molecule has 2 aliphatic heterocycles. The number of methoxy groups -OCH3 is 1. The lowest BCUT2D eigenvalue weighted by atomic mass is 10.0. The molecule has 0 spiro atoms. The summed E-state index contributed by atoms with van der Waals surface area (Å²) in [5.74, 6) is 1.50. The molecule has 7 heteroatoms. The van der Waals surface area contributed by atoms with Crippen LogP contribution in [0.15, 0.2) is 18.2 Å². The number of carbonyl (C=O) groups is 2. The average Bonchev–Trinajstić information content (AvgIpc) is 2.84. The Morgan fingerprint density at radius 2 is 2.15 bits per heavy atom. The third-order valence-corrected chi connectivity index (χ3v) is 4.86. The fourth-order valence-electron chi connectivity index (χ4n) is 3.45. The van der Waals surface area contributed by atoms with E-state index in [9.17, 15) is 9.59 Å². The lowest BCUT2D eigenvalue weighted by Gasteiger charge is -2.31. The molecule has 3 amide bonds. The fraction of sp³-hybridized carbons (Fsp3) is 0.579. The standard InChI is InChI=1S/C19H27N3O4/c1-18(2)12-22(10-13-5-6-14(25-4)9-15(13)26-18)17(24)20-11-19(3)8-7-16(23)21-19/h5-6,9H,7-8,10-12H2,1-4H3,(H,20,24)(H,21,23). The Morgan fingerprint density at radius 1 is 1.38 bits per heavy atom. The fourth-order valence-corrected chi connectivity index (χ4v) is 3.45. The van der Waals surface area contributed by atoms with Gasteiger partial charge in [-0.25, -0.2) is 4.79 Å². The maximum absolute atomic E-state index is 12.8. The maximum Gasteiger partial charge on any atom is 0.317 e. The number of carbonyl (C=O) groups excluding carboxylic acids is 2. The van der Waals surface area contributed by atoms with Gasteiger partial charge in [-0.1, -0.05) is 0 Å². The number of fused-ring (bicyclic) bond motifs is 1. The number of hydrogen-bond donors (Lipinski definition) is 2. The predicted octanol–water partition coefficient (Wildman–Crippen LogP) is 2.05. The van der Waals surface area contributed by atoms with E-state index in [0.717, 1.165) is 23.5 Å². The van der Waals surface area contributed by atoms with Gasteiger partial charge >= 0.3 is 6.03 Å². The Hall–Kier alpha value is -2.44. The zero-order valence-corrected chi connectivity index (χ0v) is 15.8. The van der Waals surface area contributed by atoms with Crippen LogP contribution in [0, 0.1) is 0 Å². The van der Waals surface area contributed by atoms with Crippen molar-refractivity contribution in [2.75, 3.05) is 20.2 Å². The van der Waals surface area contributed by atoms with Gasteiger partial charge in [0.05, 0.1) is 25.7 Å². The topological polar surface area (TPSA) is 79.9 Å². The number of benzene rings is 1. The smallest absolute Gasteiger partial charge is 0.317 e. The Bertz CT molecular complexity index is 719. The van der Waals surface area contributed by atoms with E-state index in [0.29, 0.717) is 26.1 Å². The minimum atomic E-state index is -0.527. The number of nitrogens with zero attached hydrogens (tertiary/aromatic N) is 1. The molecular weight excluding hydrogens is 334 g/mol. The molecule has 0 radical (unpaired) electrons. The lowest BCUT2D eigenvalue weighted by Crippen LogP contribution is -2.53. The van der Waals surface area contributed by atoms with Crippen molar-refractivity contribution < 1.29 is 19.1 Å². The van der Waals surface area contributed by atoms with Crippen molar-refractivity contribution in [1.29, 1.82) is 0 Å². The number of urea groups is 1. The van der Waals surface area contributed by atoms with Crippen LogP contribution in [0.2, 0.25) is 0 Å². The van der Waals surface area contributed by atoms with E-state index < -0.39 is 5.60 Å². The molecule has 1 saturated heterocycles. The second-order valence-corrected chi connectivity index (χ2v) is 7.96. The molecule has 26 heavy (non-hydrogen) atoms. The van der Waals surface area contributed by atoms with Crippen molar-refractivity contribution in [2.45, 2.75) is 51.3 Å². The normalized spacial score (nSPS) is 24.2. The molecule has 1 aromatic rings. The van der Waals surface area contributed by atoms with Crippen molar-refractivity contribution in [3.8, 4) is 11.5 Å². The first-order valence-corrected chi connectivity index (χ1v) is 8.89. The molecule has 1 unspecified atom stereocenters. The monoisotopic (exact) mass is 361 g/mol. The summed E-state index contributed by atoms with van der Waals surface area (Å²) in [6.45, 7) is 7.19. The highest BCUT2D eigenvalue weighted by atomic mass is 16.5. The molecule has 0 aliphatic carbocycles. The third-order valence-electron chi connectivity index (χ3n) is 4.86. The molecule has 1 aromatic carbocycles. The minimum Gasteiger partial charge on any atom is -0.497 e. The highest BCUT2D eigenvalue weighted by molar-refractivity contribution is 5.80. The van der Waals surface area contributed by atoms with Gasteiger partial charge in [-0.15, -0.1) is 0 Å². The first-order valence-electron chi connectivity index (χ1n) is 8.89. The number of hydrogen-bond acceptors (Lipinski definition) is 4. The first kappa shape index (κ1) is 18.4. The van der Waals surface area contributed by atoms with Crippen LogP contribution >= 0.6 is 0 Å². The Morgan fingerprint density at radius 3 is 2.81 bits per heavy atom. The van der Waals surface area contributed by atoms with Gasteiger partial charge in [-0.05, 0) is 39.3 Å². The van der Waals surface area contributed by atoms with Crippen molar-refractivity contribution in [1.82, 2.24) is 15.5 Å². The Balaban J connectivity index is 1.72. The van der Waals surface area contributed by atoms with Gasteiger partial charge in [-0.3, -0.25) is 4.79 Å². The largest absolute Gasteiger partial charge is 0.497 e. The predicted molar refractivity (Wildman–Crippen MR) is 97.3 cm³/mol. The maximum atomic E-state index is 12.8. The van der Waals surface area contributed by atoms with Gasteiger partial charge in [0.15, 0.2) is 0 Å². The molecule has 7 nitrogen and oxygen atoms in total. The molecular formula is C19H27N3O4. The van der Waals surface area contributed by atoms with Crippen LogP contribution < -0.4 is 20.1 Å². The summed E-state index contributed by atoms with van der Waals surface area (Å²) in [6.07, 6.45) is 1.23. The molecule has 0 bridgehead atoms. The van der Waals surface area contributed by atoms with Gasteiger partial charge in [0.25, 0.3) is 0 Å². The van der Waals surface area contributed by atoms with Crippen LogP contribution in [0.5, 0.6) is 11.5 Å². The van der Waals surface area contributed by atoms with Crippen molar-refractivity contribution in [3.05, 3.63) is 23.8 Å². The van der Waals surface area contributed by atoms with Crippen LogP contribution in [0.3, 0.4) is 0 Å². The van der Waals surface area contributed by atoms with Gasteiger partial charge in [0.2, 0.25) is 5.91 Å². The summed E-state index contributed by atoms with van der Waals surface area (Å²) in [7, 11) is 1.62. The number of amides is 3. The Kier molecular flexibility index (Phi) is 4.73.